The summed E-state index contributed by atoms with van der Waals surface area (Å²) >= 11 is 3.43. The zero-order chi connectivity index (χ0) is 19.6. The van der Waals surface area contributed by atoms with Gasteiger partial charge in [-0.3, -0.25) is 14.6 Å². The van der Waals surface area contributed by atoms with Crippen LogP contribution in [0.25, 0.3) is 5.76 Å². The maximum Gasteiger partial charge on any atom is 0.295 e. The highest BCUT2D eigenvalue weighted by Crippen LogP contribution is 2.38. The molecule has 0 aliphatic carbocycles. The average Bonchev–Trinajstić information content (AvgIpc) is 2.91. The Morgan fingerprint density at radius 3 is 2.56 bits per heavy atom. The molecule has 3 rings (SSSR count). The van der Waals surface area contributed by atoms with Crippen molar-refractivity contribution in [2.24, 2.45) is 0 Å². The van der Waals surface area contributed by atoms with E-state index in [9.17, 15) is 14.7 Å². The number of ketones is 1. The molecule has 1 aromatic heterocycles. The molecule has 0 saturated carbocycles. The molecule has 0 spiro atoms. The third-order valence-corrected chi connectivity index (χ3v) is 4.98. The Kier molecular flexibility index (Phi) is 5.72. The molecule has 0 bridgehead atoms. The van der Waals surface area contributed by atoms with Crippen molar-refractivity contribution in [3.63, 3.8) is 0 Å². The third kappa shape index (κ3) is 3.94. The molecule has 1 aliphatic heterocycles. The van der Waals surface area contributed by atoms with Crippen molar-refractivity contribution < 1.29 is 19.6 Å². The van der Waals surface area contributed by atoms with Gasteiger partial charge in [-0.2, -0.15) is 0 Å². The van der Waals surface area contributed by atoms with Crippen LogP contribution in [0.15, 0.2) is 58.8 Å². The molecule has 2 aromatic rings. The molecule has 27 heavy (non-hydrogen) atoms. The van der Waals surface area contributed by atoms with Crippen LogP contribution in [-0.4, -0.2) is 48.8 Å². The summed E-state index contributed by atoms with van der Waals surface area (Å²) in [6, 6.07) is 9.78. The lowest BCUT2D eigenvalue weighted by atomic mass is 9.95. The van der Waals surface area contributed by atoms with E-state index < -0.39 is 23.5 Å². The lowest BCUT2D eigenvalue weighted by molar-refractivity contribution is -0.857. The van der Waals surface area contributed by atoms with Crippen LogP contribution in [0.2, 0.25) is 0 Å². The summed E-state index contributed by atoms with van der Waals surface area (Å²) in [6.45, 7) is 1.05. The molecule has 1 N–H and O–H groups in total. The number of carbonyl (C=O) groups is 2. The minimum atomic E-state index is -0.726. The zero-order valence-corrected chi connectivity index (χ0v) is 16.7. The van der Waals surface area contributed by atoms with Crippen LogP contribution in [-0.2, 0) is 9.59 Å². The zero-order valence-electron chi connectivity index (χ0n) is 15.1. The maximum absolute atomic E-state index is 13.1. The molecule has 140 valence electrons. The molecular formula is C20H20BrN3O3. The molecule has 1 atom stereocenters. The van der Waals surface area contributed by atoms with Gasteiger partial charge in [0, 0.05) is 22.4 Å². The summed E-state index contributed by atoms with van der Waals surface area (Å²) in [5, 5.41) is 13.1. The molecular weight excluding hydrogens is 410 g/mol. The van der Waals surface area contributed by atoms with Gasteiger partial charge in [-0.15, -0.1) is 0 Å². The number of nitrogens with zero attached hydrogens (tertiary/aromatic N) is 2. The Morgan fingerprint density at radius 2 is 1.93 bits per heavy atom. The fourth-order valence-electron chi connectivity index (χ4n) is 3.13. The number of hydrogen-bond donors (Lipinski definition) is 1. The van der Waals surface area contributed by atoms with Crippen molar-refractivity contribution in [3.8, 4) is 0 Å². The van der Waals surface area contributed by atoms with E-state index in [1.165, 1.54) is 17.3 Å². The number of rotatable bonds is 5. The van der Waals surface area contributed by atoms with Gasteiger partial charge >= 0.3 is 0 Å². The van der Waals surface area contributed by atoms with Gasteiger partial charge in [0.1, 0.15) is 0 Å². The van der Waals surface area contributed by atoms with Crippen LogP contribution in [0.3, 0.4) is 0 Å². The first kappa shape index (κ1) is 19.3. The molecule has 1 aliphatic rings. The van der Waals surface area contributed by atoms with Gasteiger partial charge in [0.2, 0.25) is 5.78 Å². The van der Waals surface area contributed by atoms with Crippen LogP contribution in [0.1, 0.15) is 17.2 Å². The van der Waals surface area contributed by atoms with E-state index in [2.05, 4.69) is 20.9 Å². The number of pyridine rings is 1. The van der Waals surface area contributed by atoms with E-state index in [1.807, 2.05) is 38.4 Å². The Hall–Kier alpha value is -2.51. The summed E-state index contributed by atoms with van der Waals surface area (Å²) in [6.07, 6.45) is 2.99. The third-order valence-electron chi connectivity index (χ3n) is 4.49. The van der Waals surface area contributed by atoms with E-state index in [0.29, 0.717) is 18.7 Å². The highest BCUT2D eigenvalue weighted by atomic mass is 79.9. The highest BCUT2D eigenvalue weighted by Gasteiger charge is 2.44. The second-order valence-corrected chi connectivity index (χ2v) is 7.64. The van der Waals surface area contributed by atoms with Crippen molar-refractivity contribution >= 4 is 33.4 Å². The summed E-state index contributed by atoms with van der Waals surface area (Å²) in [7, 11) is 3.95. The van der Waals surface area contributed by atoms with Crippen LogP contribution >= 0.6 is 15.9 Å². The minimum Gasteiger partial charge on any atom is -0.872 e. The first-order valence-corrected chi connectivity index (χ1v) is 9.41. The van der Waals surface area contributed by atoms with Gasteiger partial charge in [-0.1, -0.05) is 33.8 Å². The lowest BCUT2D eigenvalue weighted by Gasteiger charge is -2.27. The molecule has 1 unspecified atom stereocenters. The van der Waals surface area contributed by atoms with Gasteiger partial charge in [0.25, 0.3) is 5.91 Å². The summed E-state index contributed by atoms with van der Waals surface area (Å²) in [5.41, 5.74) is 1.08. The van der Waals surface area contributed by atoms with Crippen LogP contribution in [0, 0.1) is 0 Å². The normalized spacial score (nSPS) is 19.1. The van der Waals surface area contributed by atoms with Gasteiger partial charge in [0.15, 0.2) is 0 Å². The molecule has 1 fully saturated rings. The molecule has 0 radical (unpaired) electrons. The summed E-state index contributed by atoms with van der Waals surface area (Å²) < 4.78 is 0.820. The first-order valence-electron chi connectivity index (χ1n) is 8.61. The fraction of sp³-hybridized carbons (Fsp3) is 0.250. The largest absolute Gasteiger partial charge is 0.872 e. The Balaban J connectivity index is 2.15. The Morgan fingerprint density at radius 1 is 1.22 bits per heavy atom. The van der Waals surface area contributed by atoms with Crippen molar-refractivity contribution in [2.75, 3.05) is 27.2 Å². The van der Waals surface area contributed by atoms with Crippen molar-refractivity contribution in [1.82, 2.24) is 9.88 Å². The number of likely N-dealkylation sites (N-methyl/N-ethyl adjacent to an activating group) is 1. The number of nitrogens with one attached hydrogen (secondary N) is 1. The number of amides is 1. The highest BCUT2D eigenvalue weighted by molar-refractivity contribution is 9.10. The van der Waals surface area contributed by atoms with Gasteiger partial charge in [-0.25, -0.2) is 0 Å². The molecule has 1 aromatic carbocycles. The number of quaternary nitrogens is 1. The minimum absolute atomic E-state index is 0.00180. The number of Topliss-reactive ketones (excluding diaryl/α,β-unsaturated/α-hetero) is 1. The van der Waals surface area contributed by atoms with E-state index >= 15 is 0 Å². The molecule has 2 heterocycles. The predicted octanol–water partition coefficient (Wildman–Crippen LogP) is 0.213. The second-order valence-electron chi connectivity index (χ2n) is 6.72. The SMILES string of the molecule is C[NH+](C)CCN1C(=O)C(=O)C(=C([O-])c2ccncc2)C1c1cccc(Br)c1. The van der Waals surface area contributed by atoms with Crippen molar-refractivity contribution in [3.05, 3.63) is 70.0 Å². The first-order chi connectivity index (χ1) is 12.9. The van der Waals surface area contributed by atoms with Crippen LogP contribution < -0.4 is 10.0 Å². The van der Waals surface area contributed by atoms with E-state index in [4.69, 9.17) is 0 Å². The van der Waals surface area contributed by atoms with Crippen molar-refractivity contribution in [1.29, 1.82) is 0 Å². The predicted molar refractivity (Wildman–Crippen MR) is 102 cm³/mol. The maximum atomic E-state index is 13.1. The quantitative estimate of drug-likeness (QED) is 0.418. The monoisotopic (exact) mass is 429 g/mol. The lowest BCUT2D eigenvalue weighted by Crippen LogP contribution is -3.06. The number of hydrogen-bond acceptors (Lipinski definition) is 4. The van der Waals surface area contributed by atoms with Gasteiger partial charge in [-0.05, 0) is 35.4 Å². The molecule has 7 heteroatoms. The van der Waals surface area contributed by atoms with Crippen LogP contribution in [0.4, 0.5) is 0 Å². The van der Waals surface area contributed by atoms with E-state index in [-0.39, 0.29) is 5.57 Å². The van der Waals surface area contributed by atoms with E-state index in [1.54, 1.807) is 12.1 Å². The van der Waals surface area contributed by atoms with Crippen molar-refractivity contribution in [2.45, 2.75) is 6.04 Å². The summed E-state index contributed by atoms with van der Waals surface area (Å²) in [5.74, 6) is -1.78. The smallest absolute Gasteiger partial charge is 0.295 e. The van der Waals surface area contributed by atoms with E-state index in [0.717, 1.165) is 14.9 Å². The topological polar surface area (TPSA) is 77.8 Å². The number of benzene rings is 1. The van der Waals surface area contributed by atoms with Gasteiger partial charge in [0.05, 0.1) is 33.2 Å². The summed E-state index contributed by atoms with van der Waals surface area (Å²) in [4.78, 5) is 32.0. The number of aromatic nitrogens is 1. The van der Waals surface area contributed by atoms with Crippen LogP contribution in [0.5, 0.6) is 0 Å². The van der Waals surface area contributed by atoms with Gasteiger partial charge < -0.3 is 14.9 Å². The Bertz CT molecular complexity index is 896. The standard InChI is InChI=1S/C20H20BrN3O3/c1-23(2)10-11-24-17(14-4-3-5-15(21)12-14)16(19(26)20(24)27)18(25)13-6-8-22-9-7-13/h3-9,12,17,25H,10-11H2,1-2H3. The average molecular weight is 430 g/mol. The number of carbonyl (C=O) groups excluding carboxylic acids is 2. The number of likely N-dealkylation sites (tertiary alicyclic amines) is 1. The number of halogens is 1. The Labute approximate surface area is 166 Å². The fourth-order valence-corrected chi connectivity index (χ4v) is 3.54. The second kappa shape index (κ2) is 8.02. The molecule has 1 saturated heterocycles. The molecule has 1 amide bonds. The molecule has 6 nitrogen and oxygen atoms in total.